The van der Waals surface area contributed by atoms with E-state index in [1.807, 2.05) is 0 Å². The van der Waals surface area contributed by atoms with Crippen LogP contribution in [0.3, 0.4) is 0 Å². The summed E-state index contributed by atoms with van der Waals surface area (Å²) in [5, 5.41) is 2.88. The molecule has 5 heteroatoms. The molecule has 7 rings (SSSR count). The number of hydrogen-bond donors (Lipinski definition) is 1. The van der Waals surface area contributed by atoms with Crippen LogP contribution in [0, 0.1) is 24.7 Å². The molecule has 5 nitrogen and oxygen atoms in total. The Labute approximate surface area is 140 Å². The lowest BCUT2D eigenvalue weighted by Crippen LogP contribution is -2.58. The van der Waals surface area contributed by atoms with Gasteiger partial charge in [-0.3, -0.25) is 4.79 Å². The molecule has 3 aliphatic heterocycles. The fraction of sp³-hybridized carbons (Fsp3) is 0.579. The first-order valence-electron chi connectivity index (χ1n) is 8.87. The van der Waals surface area contributed by atoms with Gasteiger partial charge in [0.25, 0.3) is 0 Å². The third-order valence-electron chi connectivity index (χ3n) is 7.25. The van der Waals surface area contributed by atoms with Crippen LogP contribution in [-0.4, -0.2) is 41.6 Å². The van der Waals surface area contributed by atoms with E-state index in [1.54, 1.807) is 0 Å². The topological polar surface area (TPSA) is 58.6 Å². The van der Waals surface area contributed by atoms with Crippen molar-refractivity contribution in [2.45, 2.75) is 36.8 Å². The highest BCUT2D eigenvalue weighted by Gasteiger charge is 2.91. The van der Waals surface area contributed by atoms with Crippen molar-refractivity contribution in [2.24, 2.45) is 17.8 Å². The second-order valence-corrected chi connectivity index (χ2v) is 8.45. The van der Waals surface area contributed by atoms with Crippen molar-refractivity contribution in [3.8, 4) is 0 Å². The molecule has 3 saturated carbocycles. The number of alkyl carbamates (subject to hydrolysis) is 1. The first-order chi connectivity index (χ1) is 11.6. The van der Waals surface area contributed by atoms with Crippen LogP contribution in [0.1, 0.15) is 24.0 Å². The largest absolute Gasteiger partial charge is 0.447 e. The standard InChI is InChI=1S/C19H20N2O3/c1-10-4-2-3-5-12(10)19-8-21(15-13(19)14(15)19)16(22)11-6-18(7-11)9-24-17(23)20-18/h2-5,11,13-15H,6-9H2,1H3,(H,20,23). The maximum absolute atomic E-state index is 12.9. The first-order valence-corrected chi connectivity index (χ1v) is 8.87. The maximum Gasteiger partial charge on any atom is 0.407 e. The predicted molar refractivity (Wildman–Crippen MR) is 85.3 cm³/mol. The molecule has 2 bridgehead atoms. The van der Waals surface area contributed by atoms with Gasteiger partial charge in [-0.1, -0.05) is 24.3 Å². The van der Waals surface area contributed by atoms with Gasteiger partial charge >= 0.3 is 6.09 Å². The van der Waals surface area contributed by atoms with E-state index in [0.717, 1.165) is 19.4 Å². The van der Waals surface area contributed by atoms with Crippen LogP contribution in [-0.2, 0) is 14.9 Å². The predicted octanol–water partition coefficient (Wildman–Crippen LogP) is 1.59. The van der Waals surface area contributed by atoms with Crippen LogP contribution in [0.25, 0.3) is 0 Å². The Morgan fingerprint density at radius 2 is 2.04 bits per heavy atom. The first kappa shape index (κ1) is 13.3. The monoisotopic (exact) mass is 324 g/mol. The van der Waals surface area contributed by atoms with Gasteiger partial charge in [-0.2, -0.15) is 0 Å². The molecule has 0 aromatic heterocycles. The van der Waals surface area contributed by atoms with E-state index in [1.165, 1.54) is 11.1 Å². The van der Waals surface area contributed by atoms with E-state index >= 15 is 0 Å². The van der Waals surface area contributed by atoms with Crippen LogP contribution in [0.15, 0.2) is 24.3 Å². The molecule has 24 heavy (non-hydrogen) atoms. The van der Waals surface area contributed by atoms with E-state index in [0.29, 0.717) is 30.4 Å². The molecule has 124 valence electrons. The number of hydrogen-bond acceptors (Lipinski definition) is 3. The zero-order valence-corrected chi connectivity index (χ0v) is 13.6. The Kier molecular flexibility index (Phi) is 2.09. The Morgan fingerprint density at radius 3 is 2.71 bits per heavy atom. The van der Waals surface area contributed by atoms with Crippen molar-refractivity contribution in [2.75, 3.05) is 13.2 Å². The highest BCUT2D eigenvalue weighted by molar-refractivity contribution is 5.85. The second kappa shape index (κ2) is 3.79. The number of rotatable bonds is 2. The van der Waals surface area contributed by atoms with Crippen LogP contribution in [0.5, 0.6) is 0 Å². The van der Waals surface area contributed by atoms with E-state index in [-0.39, 0.29) is 23.0 Å². The minimum absolute atomic E-state index is 0.0553. The van der Waals surface area contributed by atoms with Gasteiger partial charge in [-0.05, 0) is 42.7 Å². The van der Waals surface area contributed by atoms with E-state index in [9.17, 15) is 9.59 Å². The summed E-state index contributed by atoms with van der Waals surface area (Å²) in [7, 11) is 0. The van der Waals surface area contributed by atoms with E-state index in [4.69, 9.17) is 4.74 Å². The quantitative estimate of drug-likeness (QED) is 0.899. The van der Waals surface area contributed by atoms with Crippen molar-refractivity contribution in [3.63, 3.8) is 0 Å². The van der Waals surface area contributed by atoms with Gasteiger partial charge < -0.3 is 15.0 Å². The lowest BCUT2D eigenvalue weighted by molar-refractivity contribution is -0.140. The fourth-order valence-corrected chi connectivity index (χ4v) is 6.04. The SMILES string of the molecule is Cc1ccccc1C12CN(C(=O)C3CC4(COC(=O)N4)C3)C3C1C32. The summed E-state index contributed by atoms with van der Waals surface area (Å²) in [5.74, 6) is 1.75. The van der Waals surface area contributed by atoms with Gasteiger partial charge in [-0.15, -0.1) is 0 Å². The molecule has 1 N–H and O–H groups in total. The minimum Gasteiger partial charge on any atom is -0.447 e. The summed E-state index contributed by atoms with van der Waals surface area (Å²) in [6.45, 7) is 3.49. The third kappa shape index (κ3) is 1.35. The summed E-state index contributed by atoms with van der Waals surface area (Å²) in [6, 6.07) is 9.12. The highest BCUT2D eigenvalue weighted by Crippen LogP contribution is 2.84. The molecule has 2 atom stereocenters. The average molecular weight is 324 g/mol. The maximum atomic E-state index is 12.9. The van der Waals surface area contributed by atoms with Crippen molar-refractivity contribution >= 4 is 12.0 Å². The molecule has 3 saturated heterocycles. The molecule has 1 aromatic rings. The van der Waals surface area contributed by atoms with Crippen molar-refractivity contribution in [3.05, 3.63) is 35.4 Å². The molecule has 1 aromatic carbocycles. The number of nitrogens with zero attached hydrogens (tertiary/aromatic N) is 1. The number of fused-ring (bicyclic) bond motifs is 1. The summed E-state index contributed by atoms with van der Waals surface area (Å²) in [4.78, 5) is 26.3. The number of aryl methyl sites for hydroxylation is 1. The van der Waals surface area contributed by atoms with Crippen molar-refractivity contribution in [1.82, 2.24) is 10.2 Å². The summed E-state index contributed by atoms with van der Waals surface area (Å²) < 4.78 is 5.01. The molecule has 2 unspecified atom stereocenters. The van der Waals surface area contributed by atoms with Crippen molar-refractivity contribution in [1.29, 1.82) is 0 Å². The lowest BCUT2D eigenvalue weighted by atomic mass is 9.68. The van der Waals surface area contributed by atoms with Crippen LogP contribution in [0.2, 0.25) is 0 Å². The smallest absolute Gasteiger partial charge is 0.407 e. The van der Waals surface area contributed by atoms with Gasteiger partial charge in [0.2, 0.25) is 5.91 Å². The number of nitrogens with one attached hydrogen (secondary N) is 1. The van der Waals surface area contributed by atoms with Gasteiger partial charge in [0.15, 0.2) is 0 Å². The highest BCUT2D eigenvalue weighted by atomic mass is 16.6. The summed E-state index contributed by atoms with van der Waals surface area (Å²) >= 11 is 0. The van der Waals surface area contributed by atoms with Crippen LogP contribution >= 0.6 is 0 Å². The number of piperidine rings is 1. The summed E-state index contributed by atoms with van der Waals surface area (Å²) in [6.07, 6.45) is 1.12. The molecule has 1 spiro atoms. The van der Waals surface area contributed by atoms with Crippen LogP contribution < -0.4 is 5.32 Å². The van der Waals surface area contributed by atoms with Gasteiger partial charge in [0.05, 0.1) is 5.54 Å². The molecule has 6 fully saturated rings. The Morgan fingerprint density at radius 1 is 1.29 bits per heavy atom. The number of carbonyl (C=O) groups excluding carboxylic acids is 2. The average Bonchev–Trinajstić information content (AvgIpc) is 3.25. The van der Waals surface area contributed by atoms with Gasteiger partial charge in [0, 0.05) is 23.9 Å². The zero-order chi connectivity index (χ0) is 16.3. The minimum atomic E-state index is -0.340. The Hall–Kier alpha value is -2.04. The van der Waals surface area contributed by atoms with Gasteiger partial charge in [-0.25, -0.2) is 4.79 Å². The number of amides is 2. The molecular formula is C19H20N2O3. The van der Waals surface area contributed by atoms with Crippen molar-refractivity contribution < 1.29 is 14.3 Å². The molecule has 2 amide bonds. The number of ether oxygens (including phenoxy) is 1. The normalized spacial score (nSPS) is 46.2. The number of benzene rings is 1. The molecular weight excluding hydrogens is 304 g/mol. The fourth-order valence-electron chi connectivity index (χ4n) is 6.04. The second-order valence-electron chi connectivity index (χ2n) is 8.45. The molecule has 6 aliphatic rings. The molecule has 0 radical (unpaired) electrons. The third-order valence-corrected chi connectivity index (χ3v) is 7.25. The lowest BCUT2D eigenvalue weighted by Gasteiger charge is -2.43. The van der Waals surface area contributed by atoms with Crippen LogP contribution in [0.4, 0.5) is 4.79 Å². The number of cyclic esters (lactones) is 1. The van der Waals surface area contributed by atoms with E-state index < -0.39 is 0 Å². The summed E-state index contributed by atoms with van der Waals surface area (Å²) in [5.41, 5.74) is 2.80. The molecule has 3 aliphatic carbocycles. The Bertz CT molecular complexity index is 788. The van der Waals surface area contributed by atoms with E-state index in [2.05, 4.69) is 41.4 Å². The number of carbonyl (C=O) groups is 2. The Balaban J connectivity index is 1.18. The van der Waals surface area contributed by atoms with Gasteiger partial charge in [0.1, 0.15) is 6.61 Å². The zero-order valence-electron chi connectivity index (χ0n) is 13.6. The molecule has 3 heterocycles.